The molecule has 0 atom stereocenters. The summed E-state index contributed by atoms with van der Waals surface area (Å²) in [5, 5.41) is 18.9. The largest absolute Gasteiger partial charge is 0.478 e. The van der Waals surface area contributed by atoms with Crippen LogP contribution in [0.25, 0.3) is 22.3 Å². The highest BCUT2D eigenvalue weighted by Gasteiger charge is 2.18. The fraction of sp³-hybridized carbons (Fsp3) is 0. The number of carboxylic acids is 2. The molecule has 0 heterocycles. The average molecular weight is 318 g/mol. The highest BCUT2D eigenvalue weighted by atomic mass is 16.4. The van der Waals surface area contributed by atoms with Crippen LogP contribution in [-0.2, 0) is 0 Å². The zero-order valence-electron chi connectivity index (χ0n) is 12.6. The van der Waals surface area contributed by atoms with Gasteiger partial charge in [-0.25, -0.2) is 9.59 Å². The third kappa shape index (κ3) is 2.90. The van der Waals surface area contributed by atoms with Crippen LogP contribution in [0.15, 0.2) is 72.8 Å². The van der Waals surface area contributed by atoms with E-state index in [1.54, 1.807) is 36.4 Å². The summed E-state index contributed by atoms with van der Waals surface area (Å²) in [7, 11) is 0. The van der Waals surface area contributed by atoms with Crippen molar-refractivity contribution in [2.75, 3.05) is 0 Å². The summed E-state index contributed by atoms with van der Waals surface area (Å²) in [6.45, 7) is 0. The lowest BCUT2D eigenvalue weighted by molar-refractivity contribution is 0.0684. The van der Waals surface area contributed by atoms with Crippen LogP contribution in [0, 0.1) is 0 Å². The first-order chi connectivity index (χ1) is 11.6. The lowest BCUT2D eigenvalue weighted by Crippen LogP contribution is -2.04. The van der Waals surface area contributed by atoms with Crippen LogP contribution in [0.5, 0.6) is 0 Å². The number of carbonyl (C=O) groups is 2. The molecule has 4 heteroatoms. The molecule has 0 aliphatic carbocycles. The van der Waals surface area contributed by atoms with Crippen molar-refractivity contribution in [3.05, 3.63) is 83.9 Å². The molecule has 118 valence electrons. The van der Waals surface area contributed by atoms with Crippen molar-refractivity contribution in [1.82, 2.24) is 0 Å². The highest BCUT2D eigenvalue weighted by molar-refractivity contribution is 6.02. The van der Waals surface area contributed by atoms with E-state index in [0.717, 1.165) is 11.1 Å². The van der Waals surface area contributed by atoms with Gasteiger partial charge in [0.1, 0.15) is 0 Å². The minimum absolute atomic E-state index is 0.0741. The topological polar surface area (TPSA) is 74.6 Å². The Labute approximate surface area is 138 Å². The summed E-state index contributed by atoms with van der Waals surface area (Å²) in [5.74, 6) is -2.18. The molecule has 0 bridgehead atoms. The standard InChI is InChI=1S/C20H14O4/c21-19(22)17-9-5-4-8-15(17)16-11-10-14(12-18(16)20(23)24)13-6-2-1-3-7-13/h1-12H,(H,21,22)(H,23,24). The van der Waals surface area contributed by atoms with Crippen molar-refractivity contribution in [2.45, 2.75) is 0 Å². The molecule has 0 radical (unpaired) electrons. The third-order valence-electron chi connectivity index (χ3n) is 3.80. The van der Waals surface area contributed by atoms with Gasteiger partial charge in [0.25, 0.3) is 0 Å². The number of aromatic carboxylic acids is 2. The quantitative estimate of drug-likeness (QED) is 0.747. The Bertz CT molecular complexity index is 914. The van der Waals surface area contributed by atoms with E-state index in [9.17, 15) is 19.8 Å². The molecule has 0 saturated carbocycles. The van der Waals surface area contributed by atoms with Gasteiger partial charge in [0.05, 0.1) is 11.1 Å². The minimum atomic E-state index is -1.09. The fourth-order valence-electron chi connectivity index (χ4n) is 2.67. The lowest BCUT2D eigenvalue weighted by atomic mass is 9.92. The first-order valence-electron chi connectivity index (χ1n) is 7.33. The smallest absolute Gasteiger partial charge is 0.336 e. The number of benzene rings is 3. The monoisotopic (exact) mass is 318 g/mol. The summed E-state index contributed by atoms with van der Waals surface area (Å²) >= 11 is 0. The van der Waals surface area contributed by atoms with E-state index in [0.29, 0.717) is 11.1 Å². The first-order valence-corrected chi connectivity index (χ1v) is 7.33. The highest BCUT2D eigenvalue weighted by Crippen LogP contribution is 2.31. The number of hydrogen-bond acceptors (Lipinski definition) is 2. The number of carboxylic acid groups (broad SMARTS) is 2. The normalized spacial score (nSPS) is 10.3. The second-order valence-electron chi connectivity index (χ2n) is 5.28. The Morgan fingerprint density at radius 3 is 1.83 bits per heavy atom. The van der Waals surface area contributed by atoms with Crippen LogP contribution in [-0.4, -0.2) is 22.2 Å². The minimum Gasteiger partial charge on any atom is -0.478 e. The summed E-state index contributed by atoms with van der Waals surface area (Å²) in [5.41, 5.74) is 2.60. The van der Waals surface area contributed by atoms with Crippen molar-refractivity contribution < 1.29 is 19.8 Å². The molecule has 0 aliphatic rings. The Morgan fingerprint density at radius 2 is 1.17 bits per heavy atom. The number of hydrogen-bond donors (Lipinski definition) is 2. The predicted molar refractivity (Wildman–Crippen MR) is 91.2 cm³/mol. The molecule has 4 nitrogen and oxygen atoms in total. The molecule has 0 fully saturated rings. The molecule has 24 heavy (non-hydrogen) atoms. The van der Waals surface area contributed by atoms with E-state index >= 15 is 0 Å². The van der Waals surface area contributed by atoms with Crippen molar-refractivity contribution in [3.8, 4) is 22.3 Å². The van der Waals surface area contributed by atoms with Crippen molar-refractivity contribution in [2.24, 2.45) is 0 Å². The van der Waals surface area contributed by atoms with E-state index < -0.39 is 11.9 Å². The van der Waals surface area contributed by atoms with Gasteiger partial charge in [0.15, 0.2) is 0 Å². The summed E-state index contributed by atoms with van der Waals surface area (Å²) in [6, 6.07) is 20.9. The molecule has 3 aromatic rings. The van der Waals surface area contributed by atoms with Crippen LogP contribution in [0.3, 0.4) is 0 Å². The second-order valence-corrected chi connectivity index (χ2v) is 5.28. The van der Waals surface area contributed by atoms with Gasteiger partial charge in [-0.15, -0.1) is 0 Å². The van der Waals surface area contributed by atoms with Gasteiger partial charge in [-0.05, 0) is 34.4 Å². The molecule has 0 unspecified atom stereocenters. The van der Waals surface area contributed by atoms with Crippen LogP contribution in [0.4, 0.5) is 0 Å². The van der Waals surface area contributed by atoms with Gasteiger partial charge in [-0.2, -0.15) is 0 Å². The predicted octanol–water partition coefficient (Wildman–Crippen LogP) is 4.42. The lowest BCUT2D eigenvalue weighted by Gasteiger charge is -2.11. The van der Waals surface area contributed by atoms with Gasteiger partial charge < -0.3 is 10.2 Å². The van der Waals surface area contributed by atoms with E-state index in [4.69, 9.17) is 0 Å². The van der Waals surface area contributed by atoms with Crippen molar-refractivity contribution in [3.63, 3.8) is 0 Å². The van der Waals surface area contributed by atoms with Gasteiger partial charge >= 0.3 is 11.9 Å². The first kappa shape index (κ1) is 15.5. The molecule has 0 aliphatic heterocycles. The average Bonchev–Trinajstić information content (AvgIpc) is 2.62. The summed E-state index contributed by atoms with van der Waals surface area (Å²) < 4.78 is 0. The number of rotatable bonds is 4. The molecule has 0 saturated heterocycles. The molecule has 0 spiro atoms. The van der Waals surface area contributed by atoms with Gasteiger partial charge in [0, 0.05) is 0 Å². The maximum Gasteiger partial charge on any atom is 0.336 e. The van der Waals surface area contributed by atoms with E-state index in [1.807, 2.05) is 30.3 Å². The van der Waals surface area contributed by atoms with Crippen LogP contribution in [0.2, 0.25) is 0 Å². The third-order valence-corrected chi connectivity index (χ3v) is 3.80. The van der Waals surface area contributed by atoms with E-state index in [1.165, 1.54) is 6.07 Å². The van der Waals surface area contributed by atoms with E-state index in [2.05, 4.69) is 0 Å². The van der Waals surface area contributed by atoms with Crippen molar-refractivity contribution >= 4 is 11.9 Å². The van der Waals surface area contributed by atoms with Crippen LogP contribution < -0.4 is 0 Å². The molecule has 3 aromatic carbocycles. The zero-order valence-corrected chi connectivity index (χ0v) is 12.6. The van der Waals surface area contributed by atoms with Gasteiger partial charge in [-0.1, -0.05) is 60.7 Å². The Morgan fingerprint density at radius 1 is 0.583 bits per heavy atom. The SMILES string of the molecule is O=C(O)c1ccccc1-c1ccc(-c2ccccc2)cc1C(=O)O. The molecule has 0 aromatic heterocycles. The summed E-state index contributed by atoms with van der Waals surface area (Å²) in [4.78, 5) is 23.1. The second kappa shape index (κ2) is 6.38. The van der Waals surface area contributed by atoms with Gasteiger partial charge in [0.2, 0.25) is 0 Å². The molecular weight excluding hydrogens is 304 g/mol. The van der Waals surface area contributed by atoms with Crippen molar-refractivity contribution in [1.29, 1.82) is 0 Å². The molecule has 0 amide bonds. The Balaban J connectivity index is 2.20. The summed E-state index contributed by atoms with van der Waals surface area (Å²) in [6.07, 6.45) is 0. The maximum atomic E-state index is 11.7. The van der Waals surface area contributed by atoms with Gasteiger partial charge in [-0.3, -0.25) is 0 Å². The molecule has 3 rings (SSSR count). The zero-order chi connectivity index (χ0) is 17.1. The molecule has 2 N–H and O–H groups in total. The Hall–Kier alpha value is -3.40. The maximum absolute atomic E-state index is 11.7. The van der Waals surface area contributed by atoms with Crippen LogP contribution in [0.1, 0.15) is 20.7 Å². The molecular formula is C20H14O4. The van der Waals surface area contributed by atoms with Crippen LogP contribution >= 0.6 is 0 Å². The fourth-order valence-corrected chi connectivity index (χ4v) is 2.67. The van der Waals surface area contributed by atoms with E-state index in [-0.39, 0.29) is 11.1 Å². The Kier molecular flexibility index (Phi) is 4.12.